The van der Waals surface area contributed by atoms with Gasteiger partial charge in [-0.1, -0.05) is 17.7 Å². The summed E-state index contributed by atoms with van der Waals surface area (Å²) >= 11 is 5.93. The molecule has 19 heavy (non-hydrogen) atoms. The number of H-pyrrole nitrogens is 1. The van der Waals surface area contributed by atoms with Crippen LogP contribution in [0.2, 0.25) is 5.02 Å². The fourth-order valence-electron chi connectivity index (χ4n) is 1.83. The average molecular weight is 281 g/mol. The monoisotopic (exact) mass is 280 g/mol. The molecular weight excluding hydrogens is 274 g/mol. The van der Waals surface area contributed by atoms with Gasteiger partial charge in [0.1, 0.15) is 28.5 Å². The molecule has 7 heteroatoms. The summed E-state index contributed by atoms with van der Waals surface area (Å²) in [7, 11) is 0. The summed E-state index contributed by atoms with van der Waals surface area (Å²) in [4.78, 5) is 10.4. The van der Waals surface area contributed by atoms with Crippen LogP contribution >= 0.6 is 11.6 Å². The van der Waals surface area contributed by atoms with Crippen LogP contribution in [0, 0.1) is 11.6 Å². The zero-order valence-electron chi connectivity index (χ0n) is 9.42. The summed E-state index contributed by atoms with van der Waals surface area (Å²) in [6.45, 7) is 0. The molecule has 3 N–H and O–H groups in total. The molecule has 3 aromatic rings. The van der Waals surface area contributed by atoms with Crippen molar-refractivity contribution in [1.82, 2.24) is 15.0 Å². The standard InChI is InChI=1S/C12H7ClF2N4/c13-5-2-1-3-6(14)8(5)12-18-9-7(15)4-17-11(16)10(9)19-12/h1-4H,(H2,16,17)(H,18,19). The Kier molecular flexibility index (Phi) is 2.60. The van der Waals surface area contributed by atoms with E-state index in [-0.39, 0.29) is 33.3 Å². The maximum Gasteiger partial charge on any atom is 0.169 e. The van der Waals surface area contributed by atoms with E-state index in [0.717, 1.165) is 6.20 Å². The molecule has 0 aliphatic heterocycles. The van der Waals surface area contributed by atoms with E-state index in [4.69, 9.17) is 17.3 Å². The van der Waals surface area contributed by atoms with Crippen LogP contribution in [0.15, 0.2) is 24.4 Å². The highest BCUT2D eigenvalue weighted by atomic mass is 35.5. The van der Waals surface area contributed by atoms with Gasteiger partial charge in [-0.3, -0.25) is 0 Å². The number of aromatic nitrogens is 3. The predicted octanol–water partition coefficient (Wildman–Crippen LogP) is 3.14. The number of pyridine rings is 1. The van der Waals surface area contributed by atoms with Gasteiger partial charge in [0.05, 0.1) is 16.8 Å². The lowest BCUT2D eigenvalue weighted by Crippen LogP contribution is -1.92. The molecule has 1 aromatic carbocycles. The van der Waals surface area contributed by atoms with Crippen LogP contribution in [0.4, 0.5) is 14.6 Å². The maximum atomic E-state index is 13.8. The third-order valence-corrected chi connectivity index (χ3v) is 3.02. The topological polar surface area (TPSA) is 67.6 Å². The Labute approximate surface area is 111 Å². The first-order valence-corrected chi connectivity index (χ1v) is 5.70. The fourth-order valence-corrected chi connectivity index (χ4v) is 2.08. The van der Waals surface area contributed by atoms with Crippen LogP contribution in [-0.2, 0) is 0 Å². The first-order chi connectivity index (χ1) is 9.08. The molecular formula is C12H7ClF2N4. The molecule has 0 amide bonds. The SMILES string of the molecule is Nc1ncc(F)c2nc(-c3c(F)cccc3Cl)[nH]c12. The van der Waals surface area contributed by atoms with Crippen molar-refractivity contribution in [3.63, 3.8) is 0 Å². The third kappa shape index (κ3) is 1.80. The Morgan fingerprint density at radius 2 is 2.00 bits per heavy atom. The van der Waals surface area contributed by atoms with Gasteiger partial charge in [-0.15, -0.1) is 0 Å². The zero-order valence-corrected chi connectivity index (χ0v) is 10.2. The second-order valence-corrected chi connectivity index (χ2v) is 4.30. The van der Waals surface area contributed by atoms with Gasteiger partial charge in [0.15, 0.2) is 5.82 Å². The van der Waals surface area contributed by atoms with Gasteiger partial charge < -0.3 is 10.7 Å². The van der Waals surface area contributed by atoms with Crippen LogP contribution in [0.3, 0.4) is 0 Å². The number of nitrogens with two attached hydrogens (primary N) is 1. The van der Waals surface area contributed by atoms with E-state index in [1.165, 1.54) is 18.2 Å². The van der Waals surface area contributed by atoms with E-state index in [1.54, 1.807) is 0 Å². The Balaban J connectivity index is 2.33. The predicted molar refractivity (Wildman–Crippen MR) is 68.7 cm³/mol. The van der Waals surface area contributed by atoms with E-state index in [0.29, 0.717) is 0 Å². The summed E-state index contributed by atoms with van der Waals surface area (Å²) in [5, 5.41) is 0.172. The summed E-state index contributed by atoms with van der Waals surface area (Å²) in [6.07, 6.45) is 0.964. The van der Waals surface area contributed by atoms with Gasteiger partial charge in [-0.25, -0.2) is 18.7 Å². The number of nitrogens with one attached hydrogen (secondary N) is 1. The van der Waals surface area contributed by atoms with Crippen molar-refractivity contribution in [3.05, 3.63) is 41.1 Å². The van der Waals surface area contributed by atoms with Crippen LogP contribution in [0.1, 0.15) is 0 Å². The Morgan fingerprint density at radius 3 is 2.68 bits per heavy atom. The normalized spacial score (nSPS) is 11.1. The molecule has 2 aromatic heterocycles. The minimum atomic E-state index is -0.640. The van der Waals surface area contributed by atoms with Crippen molar-refractivity contribution in [2.24, 2.45) is 0 Å². The number of hydrogen-bond acceptors (Lipinski definition) is 3. The lowest BCUT2D eigenvalue weighted by molar-refractivity contribution is 0.629. The summed E-state index contributed by atoms with van der Waals surface area (Å²) in [5.41, 5.74) is 5.90. The number of imidazole rings is 1. The molecule has 0 spiro atoms. The highest BCUT2D eigenvalue weighted by molar-refractivity contribution is 6.33. The van der Waals surface area contributed by atoms with E-state index in [1.807, 2.05) is 0 Å². The zero-order chi connectivity index (χ0) is 13.6. The molecule has 3 rings (SSSR count). The highest BCUT2D eigenvalue weighted by Crippen LogP contribution is 2.31. The second-order valence-electron chi connectivity index (χ2n) is 3.90. The molecule has 0 aliphatic carbocycles. The molecule has 96 valence electrons. The van der Waals surface area contributed by atoms with Crippen molar-refractivity contribution >= 4 is 28.5 Å². The lowest BCUT2D eigenvalue weighted by atomic mass is 10.2. The molecule has 0 unspecified atom stereocenters. The number of nitrogen functional groups attached to an aromatic ring is 1. The first kappa shape index (κ1) is 11.9. The third-order valence-electron chi connectivity index (χ3n) is 2.70. The van der Waals surface area contributed by atoms with Gasteiger partial charge >= 0.3 is 0 Å². The molecule has 2 heterocycles. The summed E-state index contributed by atoms with van der Waals surface area (Å²) in [6, 6.07) is 4.23. The number of nitrogens with zero attached hydrogens (tertiary/aromatic N) is 2. The quantitative estimate of drug-likeness (QED) is 0.719. The number of benzene rings is 1. The number of hydrogen-bond donors (Lipinski definition) is 2. The summed E-state index contributed by atoms with van der Waals surface area (Å²) in [5.74, 6) is -1.00. The van der Waals surface area contributed by atoms with Crippen molar-refractivity contribution in [2.75, 3.05) is 5.73 Å². The average Bonchev–Trinajstić information content (AvgIpc) is 2.80. The van der Waals surface area contributed by atoms with Gasteiger partial charge in [-0.05, 0) is 12.1 Å². The minimum Gasteiger partial charge on any atom is -0.382 e. The number of halogens is 3. The van der Waals surface area contributed by atoms with Gasteiger partial charge in [0, 0.05) is 0 Å². The maximum absolute atomic E-state index is 13.8. The second kappa shape index (κ2) is 4.17. The van der Waals surface area contributed by atoms with Gasteiger partial charge in [0.25, 0.3) is 0 Å². The summed E-state index contributed by atoms with van der Waals surface area (Å²) < 4.78 is 27.3. The van der Waals surface area contributed by atoms with Crippen LogP contribution in [0.5, 0.6) is 0 Å². The van der Waals surface area contributed by atoms with E-state index in [9.17, 15) is 8.78 Å². The number of fused-ring (bicyclic) bond motifs is 1. The largest absolute Gasteiger partial charge is 0.382 e. The minimum absolute atomic E-state index is 0.00168. The van der Waals surface area contributed by atoms with Crippen LogP contribution < -0.4 is 5.73 Å². The fraction of sp³-hybridized carbons (Fsp3) is 0. The van der Waals surface area contributed by atoms with Gasteiger partial charge in [-0.2, -0.15) is 0 Å². The molecule has 0 radical (unpaired) electrons. The van der Waals surface area contributed by atoms with Crippen molar-refractivity contribution < 1.29 is 8.78 Å². The Morgan fingerprint density at radius 1 is 1.21 bits per heavy atom. The molecule has 0 bridgehead atoms. The Bertz CT molecular complexity index is 725. The van der Waals surface area contributed by atoms with Crippen LogP contribution in [0.25, 0.3) is 22.4 Å². The molecule has 0 aliphatic rings. The Hall–Kier alpha value is -2.21. The van der Waals surface area contributed by atoms with Crippen molar-refractivity contribution in [2.45, 2.75) is 0 Å². The van der Waals surface area contributed by atoms with Gasteiger partial charge in [0.2, 0.25) is 0 Å². The van der Waals surface area contributed by atoms with Crippen molar-refractivity contribution in [3.8, 4) is 11.4 Å². The smallest absolute Gasteiger partial charge is 0.169 e. The molecule has 0 saturated heterocycles. The van der Waals surface area contributed by atoms with E-state index >= 15 is 0 Å². The number of anilines is 1. The molecule has 4 nitrogen and oxygen atoms in total. The lowest BCUT2D eigenvalue weighted by Gasteiger charge is -2.01. The molecule has 0 saturated carbocycles. The first-order valence-electron chi connectivity index (χ1n) is 5.32. The van der Waals surface area contributed by atoms with E-state index < -0.39 is 11.6 Å². The van der Waals surface area contributed by atoms with Crippen molar-refractivity contribution in [1.29, 1.82) is 0 Å². The highest BCUT2D eigenvalue weighted by Gasteiger charge is 2.17. The number of aromatic amines is 1. The number of rotatable bonds is 1. The van der Waals surface area contributed by atoms with E-state index in [2.05, 4.69) is 15.0 Å². The van der Waals surface area contributed by atoms with Crippen LogP contribution in [-0.4, -0.2) is 15.0 Å². The molecule has 0 fully saturated rings. The molecule has 0 atom stereocenters.